The fraction of sp³-hybridized carbons (Fsp3) is 0.364. The minimum atomic E-state index is -0.0615. The van der Waals surface area contributed by atoms with Gasteiger partial charge in [0.05, 0.1) is 0 Å². The van der Waals surface area contributed by atoms with Crippen LogP contribution in [-0.2, 0) is 0 Å². The molecule has 1 fully saturated rings. The van der Waals surface area contributed by atoms with Crippen molar-refractivity contribution in [3.8, 4) is 0 Å². The third-order valence-electron chi connectivity index (χ3n) is 2.78. The lowest BCUT2D eigenvalue weighted by atomic mass is 10.2. The number of aromatic nitrogens is 1. The maximum absolute atomic E-state index is 12.0. The van der Waals surface area contributed by atoms with E-state index in [9.17, 15) is 4.79 Å². The van der Waals surface area contributed by atoms with Gasteiger partial charge in [-0.1, -0.05) is 5.16 Å². The number of nitrogens with two attached hydrogens (primary N) is 1. The van der Waals surface area contributed by atoms with Crippen molar-refractivity contribution in [1.29, 1.82) is 0 Å². The van der Waals surface area contributed by atoms with Crippen molar-refractivity contribution < 1.29 is 10.0 Å². The lowest BCUT2D eigenvalue weighted by molar-refractivity contribution is 0.0787. The number of amidine groups is 1. The molecule has 0 spiro atoms. The second-order valence-corrected chi connectivity index (χ2v) is 3.92. The van der Waals surface area contributed by atoms with E-state index in [-0.39, 0.29) is 11.7 Å². The molecule has 0 atom stereocenters. The molecule has 2 rings (SSSR count). The summed E-state index contributed by atoms with van der Waals surface area (Å²) < 4.78 is 0. The van der Waals surface area contributed by atoms with Gasteiger partial charge in [-0.2, -0.15) is 0 Å². The predicted molar refractivity (Wildman–Crippen MR) is 61.9 cm³/mol. The lowest BCUT2D eigenvalue weighted by Gasteiger charge is -2.14. The third kappa shape index (κ3) is 2.35. The van der Waals surface area contributed by atoms with E-state index >= 15 is 0 Å². The van der Waals surface area contributed by atoms with Gasteiger partial charge in [-0.25, -0.2) is 0 Å². The standard InChI is InChI=1S/C11H14N4O2/c12-10(14-17)8-3-4-9(13-7-8)11(16)15-5-1-2-6-15/h3-4,7,17H,1-2,5-6H2,(H2,12,14). The number of carbonyl (C=O) groups is 1. The summed E-state index contributed by atoms with van der Waals surface area (Å²) in [5.41, 5.74) is 6.29. The van der Waals surface area contributed by atoms with E-state index in [1.165, 1.54) is 6.20 Å². The van der Waals surface area contributed by atoms with Gasteiger partial charge in [0.2, 0.25) is 0 Å². The molecule has 2 heterocycles. The quantitative estimate of drug-likeness (QED) is 0.335. The number of hydrogen-bond donors (Lipinski definition) is 2. The summed E-state index contributed by atoms with van der Waals surface area (Å²) in [6.45, 7) is 1.59. The van der Waals surface area contributed by atoms with Crippen LogP contribution in [0, 0.1) is 0 Å². The highest BCUT2D eigenvalue weighted by atomic mass is 16.4. The van der Waals surface area contributed by atoms with Crippen molar-refractivity contribution in [2.75, 3.05) is 13.1 Å². The van der Waals surface area contributed by atoms with Gasteiger partial charge in [0, 0.05) is 24.8 Å². The molecular formula is C11H14N4O2. The summed E-state index contributed by atoms with van der Waals surface area (Å²) in [7, 11) is 0. The van der Waals surface area contributed by atoms with E-state index in [0.29, 0.717) is 11.3 Å². The summed E-state index contributed by atoms with van der Waals surface area (Å²) in [5, 5.41) is 11.4. The summed E-state index contributed by atoms with van der Waals surface area (Å²) in [6.07, 6.45) is 3.53. The molecule has 1 amide bonds. The minimum absolute atomic E-state index is 0.0160. The number of pyridine rings is 1. The lowest BCUT2D eigenvalue weighted by Crippen LogP contribution is -2.28. The van der Waals surface area contributed by atoms with E-state index in [1.807, 2.05) is 0 Å². The normalized spacial score (nSPS) is 16.2. The maximum atomic E-state index is 12.0. The summed E-state index contributed by atoms with van der Waals surface area (Å²) in [5.74, 6) is -0.0776. The first kappa shape index (κ1) is 11.4. The van der Waals surface area contributed by atoms with Crippen molar-refractivity contribution in [3.05, 3.63) is 29.6 Å². The highest BCUT2D eigenvalue weighted by molar-refractivity contribution is 5.98. The molecule has 1 saturated heterocycles. The average molecular weight is 234 g/mol. The topological polar surface area (TPSA) is 91.8 Å². The molecular weight excluding hydrogens is 220 g/mol. The molecule has 3 N–H and O–H groups in total. The molecule has 0 radical (unpaired) electrons. The van der Waals surface area contributed by atoms with Gasteiger partial charge in [0.25, 0.3) is 5.91 Å². The number of nitrogens with zero attached hydrogens (tertiary/aromatic N) is 3. The number of hydrogen-bond acceptors (Lipinski definition) is 4. The smallest absolute Gasteiger partial charge is 0.272 e. The first-order valence-electron chi connectivity index (χ1n) is 5.45. The zero-order valence-corrected chi connectivity index (χ0v) is 9.33. The fourth-order valence-corrected chi connectivity index (χ4v) is 1.81. The van der Waals surface area contributed by atoms with Crippen LogP contribution in [0.3, 0.4) is 0 Å². The van der Waals surface area contributed by atoms with Crippen molar-refractivity contribution in [2.45, 2.75) is 12.8 Å². The Morgan fingerprint density at radius 3 is 2.65 bits per heavy atom. The Morgan fingerprint density at radius 2 is 2.12 bits per heavy atom. The first-order chi connectivity index (χ1) is 8.22. The Bertz CT molecular complexity index is 435. The molecule has 1 aliphatic rings. The largest absolute Gasteiger partial charge is 0.409 e. The van der Waals surface area contributed by atoms with Crippen LogP contribution in [0.1, 0.15) is 28.9 Å². The van der Waals surface area contributed by atoms with Crippen molar-refractivity contribution in [3.63, 3.8) is 0 Å². The van der Waals surface area contributed by atoms with E-state index in [0.717, 1.165) is 25.9 Å². The summed E-state index contributed by atoms with van der Waals surface area (Å²) in [6, 6.07) is 3.21. The zero-order chi connectivity index (χ0) is 12.3. The van der Waals surface area contributed by atoms with Gasteiger partial charge in [0.15, 0.2) is 5.84 Å². The highest BCUT2D eigenvalue weighted by Crippen LogP contribution is 2.11. The summed E-state index contributed by atoms with van der Waals surface area (Å²) >= 11 is 0. The Kier molecular flexibility index (Phi) is 3.22. The van der Waals surface area contributed by atoms with Crippen LogP contribution in [0.4, 0.5) is 0 Å². The predicted octanol–water partition coefficient (Wildman–Crippen LogP) is 0.412. The Morgan fingerprint density at radius 1 is 1.41 bits per heavy atom. The van der Waals surface area contributed by atoms with E-state index in [1.54, 1.807) is 17.0 Å². The van der Waals surface area contributed by atoms with E-state index < -0.39 is 0 Å². The summed E-state index contributed by atoms with van der Waals surface area (Å²) in [4.78, 5) is 17.8. The number of rotatable bonds is 2. The van der Waals surface area contributed by atoms with Crippen molar-refractivity contribution in [1.82, 2.24) is 9.88 Å². The van der Waals surface area contributed by atoms with Gasteiger partial charge in [0.1, 0.15) is 5.69 Å². The zero-order valence-electron chi connectivity index (χ0n) is 9.33. The number of amides is 1. The third-order valence-corrected chi connectivity index (χ3v) is 2.78. The maximum Gasteiger partial charge on any atom is 0.272 e. The Hall–Kier alpha value is -2.11. The minimum Gasteiger partial charge on any atom is -0.409 e. The number of likely N-dealkylation sites (tertiary alicyclic amines) is 1. The second-order valence-electron chi connectivity index (χ2n) is 3.92. The van der Waals surface area contributed by atoms with Gasteiger partial charge in [-0.05, 0) is 25.0 Å². The molecule has 17 heavy (non-hydrogen) atoms. The molecule has 1 aromatic rings. The Balaban J connectivity index is 2.14. The Labute approximate surface area is 98.7 Å². The van der Waals surface area contributed by atoms with Gasteiger partial charge in [-0.15, -0.1) is 0 Å². The molecule has 0 aliphatic carbocycles. The van der Waals surface area contributed by atoms with Gasteiger partial charge in [-0.3, -0.25) is 9.78 Å². The van der Waals surface area contributed by atoms with Crippen LogP contribution in [0.5, 0.6) is 0 Å². The second kappa shape index (κ2) is 4.82. The van der Waals surface area contributed by atoms with E-state index in [2.05, 4.69) is 10.1 Å². The molecule has 1 aliphatic heterocycles. The van der Waals surface area contributed by atoms with Crippen LogP contribution in [-0.4, -0.2) is 39.9 Å². The van der Waals surface area contributed by atoms with Gasteiger partial charge >= 0.3 is 0 Å². The first-order valence-corrected chi connectivity index (χ1v) is 5.45. The molecule has 1 aromatic heterocycles. The van der Waals surface area contributed by atoms with Gasteiger partial charge < -0.3 is 15.8 Å². The van der Waals surface area contributed by atoms with Crippen molar-refractivity contribution >= 4 is 11.7 Å². The molecule has 0 saturated carbocycles. The van der Waals surface area contributed by atoms with Crippen LogP contribution in [0.15, 0.2) is 23.5 Å². The molecule has 90 valence electrons. The average Bonchev–Trinajstić information content (AvgIpc) is 2.91. The van der Waals surface area contributed by atoms with E-state index in [4.69, 9.17) is 10.9 Å². The molecule has 6 heteroatoms. The fourth-order valence-electron chi connectivity index (χ4n) is 1.81. The molecule has 6 nitrogen and oxygen atoms in total. The number of oxime groups is 1. The molecule has 0 unspecified atom stereocenters. The molecule has 0 aromatic carbocycles. The SMILES string of the molecule is NC(=NO)c1ccc(C(=O)N2CCCC2)nc1. The van der Waals surface area contributed by atoms with Crippen LogP contribution in [0.25, 0.3) is 0 Å². The highest BCUT2D eigenvalue weighted by Gasteiger charge is 2.20. The van der Waals surface area contributed by atoms with Crippen molar-refractivity contribution in [2.24, 2.45) is 10.9 Å². The molecule has 0 bridgehead atoms. The van der Waals surface area contributed by atoms with Crippen LogP contribution >= 0.6 is 0 Å². The van der Waals surface area contributed by atoms with Crippen LogP contribution < -0.4 is 5.73 Å². The number of carbonyl (C=O) groups excluding carboxylic acids is 1. The monoisotopic (exact) mass is 234 g/mol. The van der Waals surface area contributed by atoms with Crippen LogP contribution in [0.2, 0.25) is 0 Å².